The van der Waals surface area contributed by atoms with E-state index in [4.69, 9.17) is 16.3 Å². The summed E-state index contributed by atoms with van der Waals surface area (Å²) in [5.74, 6) is 4.75. The van der Waals surface area contributed by atoms with Gasteiger partial charge in [0.25, 0.3) is 0 Å². The molecule has 0 aliphatic carbocycles. The standard InChI is InChI=1S/C17H14ClFN2O2/c18-16-15(19)14(9-11-20-16)8-4-5-10-21-17(22)23-12-13-6-2-1-3-7-13/h1-3,6-7,9,11H,5,10,12H2,(H,21,22). The Hall–Kier alpha value is -2.58. The lowest BCUT2D eigenvalue weighted by molar-refractivity contribution is 0.140. The molecular weight excluding hydrogens is 319 g/mol. The molecule has 0 radical (unpaired) electrons. The van der Waals surface area contributed by atoms with Crippen LogP contribution in [0.3, 0.4) is 0 Å². The molecule has 1 N–H and O–H groups in total. The third-order valence-corrected chi connectivity index (χ3v) is 3.07. The van der Waals surface area contributed by atoms with Crippen molar-refractivity contribution in [2.45, 2.75) is 13.0 Å². The molecule has 1 aromatic heterocycles. The van der Waals surface area contributed by atoms with E-state index in [9.17, 15) is 9.18 Å². The van der Waals surface area contributed by atoms with Crippen LogP contribution in [0.25, 0.3) is 0 Å². The Morgan fingerprint density at radius 1 is 1.30 bits per heavy atom. The smallest absolute Gasteiger partial charge is 0.407 e. The molecule has 2 rings (SSSR count). The van der Waals surface area contributed by atoms with E-state index in [1.807, 2.05) is 30.3 Å². The second-order valence-corrected chi connectivity index (χ2v) is 4.86. The van der Waals surface area contributed by atoms with Gasteiger partial charge in [-0.15, -0.1) is 0 Å². The fourth-order valence-electron chi connectivity index (χ4n) is 1.67. The molecule has 0 spiro atoms. The highest BCUT2D eigenvalue weighted by atomic mass is 35.5. The number of aromatic nitrogens is 1. The van der Waals surface area contributed by atoms with Crippen molar-refractivity contribution in [2.24, 2.45) is 0 Å². The molecular formula is C17H14ClFN2O2. The summed E-state index contributed by atoms with van der Waals surface area (Å²) in [5, 5.41) is 2.36. The Morgan fingerprint density at radius 2 is 2.09 bits per heavy atom. The van der Waals surface area contributed by atoms with Gasteiger partial charge >= 0.3 is 6.09 Å². The highest BCUT2D eigenvalue weighted by molar-refractivity contribution is 6.29. The van der Waals surface area contributed by atoms with Gasteiger partial charge in [0.15, 0.2) is 11.0 Å². The molecule has 0 saturated heterocycles. The second kappa shape index (κ2) is 8.76. The number of pyridine rings is 1. The first kappa shape index (κ1) is 16.8. The van der Waals surface area contributed by atoms with Crippen LogP contribution in [-0.2, 0) is 11.3 Å². The number of ether oxygens (including phenoxy) is 1. The number of benzene rings is 1. The van der Waals surface area contributed by atoms with Gasteiger partial charge in [-0.25, -0.2) is 14.2 Å². The van der Waals surface area contributed by atoms with Gasteiger partial charge in [-0.05, 0) is 11.6 Å². The Labute approximate surface area is 138 Å². The molecule has 0 atom stereocenters. The minimum Gasteiger partial charge on any atom is -0.445 e. The first-order valence-corrected chi connectivity index (χ1v) is 7.28. The molecule has 23 heavy (non-hydrogen) atoms. The summed E-state index contributed by atoms with van der Waals surface area (Å²) in [6.45, 7) is 0.514. The molecule has 1 aromatic carbocycles. The van der Waals surface area contributed by atoms with Crippen LogP contribution in [0.15, 0.2) is 42.6 Å². The van der Waals surface area contributed by atoms with Crippen LogP contribution in [-0.4, -0.2) is 17.6 Å². The van der Waals surface area contributed by atoms with E-state index in [1.165, 1.54) is 12.3 Å². The predicted octanol–water partition coefficient (Wildman–Crippen LogP) is 3.54. The van der Waals surface area contributed by atoms with Gasteiger partial charge in [0.05, 0.1) is 5.56 Å². The molecule has 1 heterocycles. The summed E-state index contributed by atoms with van der Waals surface area (Å²) in [6.07, 6.45) is 1.22. The second-order valence-electron chi connectivity index (χ2n) is 4.50. The van der Waals surface area contributed by atoms with E-state index in [1.54, 1.807) is 0 Å². The molecule has 0 unspecified atom stereocenters. The summed E-state index contributed by atoms with van der Waals surface area (Å²) in [4.78, 5) is 15.1. The van der Waals surface area contributed by atoms with E-state index in [2.05, 4.69) is 22.1 Å². The van der Waals surface area contributed by atoms with Gasteiger partial charge in [-0.1, -0.05) is 53.8 Å². The number of nitrogens with zero attached hydrogens (tertiary/aromatic N) is 1. The van der Waals surface area contributed by atoms with Gasteiger partial charge in [0.1, 0.15) is 6.61 Å². The number of alkyl carbamates (subject to hydrolysis) is 1. The van der Waals surface area contributed by atoms with Crippen LogP contribution in [0, 0.1) is 17.7 Å². The zero-order valence-electron chi connectivity index (χ0n) is 12.2. The first-order valence-electron chi connectivity index (χ1n) is 6.90. The van der Waals surface area contributed by atoms with Crippen molar-refractivity contribution in [3.63, 3.8) is 0 Å². The van der Waals surface area contributed by atoms with Crippen LogP contribution in [0.5, 0.6) is 0 Å². The third-order valence-electron chi connectivity index (χ3n) is 2.80. The summed E-state index contributed by atoms with van der Waals surface area (Å²) < 4.78 is 18.6. The maximum atomic E-state index is 13.5. The topological polar surface area (TPSA) is 51.2 Å². The van der Waals surface area contributed by atoms with E-state index in [0.29, 0.717) is 13.0 Å². The van der Waals surface area contributed by atoms with E-state index in [-0.39, 0.29) is 17.3 Å². The number of hydrogen-bond donors (Lipinski definition) is 1. The zero-order chi connectivity index (χ0) is 16.5. The molecule has 118 valence electrons. The van der Waals surface area contributed by atoms with Crippen molar-refractivity contribution in [2.75, 3.05) is 6.54 Å². The molecule has 0 aliphatic heterocycles. The van der Waals surface area contributed by atoms with E-state index in [0.717, 1.165) is 5.56 Å². The van der Waals surface area contributed by atoms with Crippen LogP contribution >= 0.6 is 11.6 Å². The Balaban J connectivity index is 1.70. The first-order chi connectivity index (χ1) is 11.2. The van der Waals surface area contributed by atoms with Crippen molar-refractivity contribution >= 4 is 17.7 Å². The van der Waals surface area contributed by atoms with Gasteiger partial charge in [0.2, 0.25) is 0 Å². The van der Waals surface area contributed by atoms with Gasteiger partial charge in [-0.2, -0.15) is 0 Å². The minimum atomic E-state index is -0.642. The highest BCUT2D eigenvalue weighted by Crippen LogP contribution is 2.13. The molecule has 6 heteroatoms. The van der Waals surface area contributed by atoms with Crippen molar-refractivity contribution < 1.29 is 13.9 Å². The number of carbonyl (C=O) groups excluding carboxylic acids is 1. The zero-order valence-corrected chi connectivity index (χ0v) is 12.9. The number of halogens is 2. The fraction of sp³-hybridized carbons (Fsp3) is 0.176. The SMILES string of the molecule is O=C(NCCC#Cc1ccnc(Cl)c1F)OCc1ccccc1. The Morgan fingerprint density at radius 3 is 2.87 bits per heavy atom. The normalized spacial score (nSPS) is 9.65. The largest absolute Gasteiger partial charge is 0.445 e. The average molecular weight is 333 g/mol. The highest BCUT2D eigenvalue weighted by Gasteiger charge is 2.04. The van der Waals surface area contributed by atoms with Crippen molar-refractivity contribution in [1.82, 2.24) is 10.3 Å². The molecule has 1 amide bonds. The number of rotatable bonds is 4. The summed E-state index contributed by atoms with van der Waals surface area (Å²) in [5.41, 5.74) is 1.09. The van der Waals surface area contributed by atoms with Crippen molar-refractivity contribution in [3.8, 4) is 11.8 Å². The van der Waals surface area contributed by atoms with Crippen molar-refractivity contribution in [3.05, 3.63) is 64.7 Å². The van der Waals surface area contributed by atoms with Crippen molar-refractivity contribution in [1.29, 1.82) is 0 Å². The Bertz CT molecular complexity index is 726. The molecule has 0 bridgehead atoms. The molecule has 0 saturated carbocycles. The summed E-state index contributed by atoms with van der Waals surface area (Å²) >= 11 is 5.55. The van der Waals surface area contributed by atoms with Gasteiger partial charge < -0.3 is 10.1 Å². The number of carbonyl (C=O) groups is 1. The van der Waals surface area contributed by atoms with E-state index < -0.39 is 11.9 Å². The van der Waals surface area contributed by atoms with Gasteiger partial charge in [0, 0.05) is 19.2 Å². The van der Waals surface area contributed by atoms with Crippen LogP contribution in [0.1, 0.15) is 17.5 Å². The van der Waals surface area contributed by atoms with Crippen LogP contribution in [0.4, 0.5) is 9.18 Å². The average Bonchev–Trinajstić information content (AvgIpc) is 2.57. The molecule has 0 fully saturated rings. The third kappa shape index (κ3) is 5.61. The van der Waals surface area contributed by atoms with E-state index >= 15 is 0 Å². The monoisotopic (exact) mass is 332 g/mol. The molecule has 0 aliphatic rings. The number of hydrogen-bond acceptors (Lipinski definition) is 3. The number of nitrogens with one attached hydrogen (secondary N) is 1. The lowest BCUT2D eigenvalue weighted by atomic mass is 10.2. The van der Waals surface area contributed by atoms with Gasteiger partial charge in [-0.3, -0.25) is 0 Å². The maximum Gasteiger partial charge on any atom is 0.407 e. The lowest BCUT2D eigenvalue weighted by Gasteiger charge is -2.05. The van der Waals surface area contributed by atoms with Crippen LogP contribution in [0.2, 0.25) is 5.15 Å². The predicted molar refractivity (Wildman–Crippen MR) is 85.3 cm³/mol. The quantitative estimate of drug-likeness (QED) is 0.529. The lowest BCUT2D eigenvalue weighted by Crippen LogP contribution is -2.24. The van der Waals surface area contributed by atoms with Crippen LogP contribution < -0.4 is 5.32 Å². The molecule has 4 nitrogen and oxygen atoms in total. The minimum absolute atomic E-state index is 0.177. The fourth-order valence-corrected chi connectivity index (χ4v) is 1.83. The Kier molecular flexibility index (Phi) is 6.40. The molecule has 2 aromatic rings. The summed E-state index contributed by atoms with van der Waals surface area (Å²) in [7, 11) is 0. The number of amides is 1. The summed E-state index contributed by atoms with van der Waals surface area (Å²) in [6, 6.07) is 10.8. The maximum absolute atomic E-state index is 13.5.